The third kappa shape index (κ3) is 6.03. The van der Waals surface area contributed by atoms with E-state index in [1.807, 2.05) is 26.0 Å². The zero-order valence-electron chi connectivity index (χ0n) is 21.2. The van der Waals surface area contributed by atoms with Crippen molar-refractivity contribution in [3.63, 3.8) is 0 Å². The molecular weight excluding hydrogens is 446 g/mol. The molecular formula is C28H35NO6. The van der Waals surface area contributed by atoms with Gasteiger partial charge in [-0.3, -0.25) is 9.59 Å². The number of Topliss-reactive ketones (excluding diaryl/α,β-unsaturated/α-hetero) is 1. The number of benzene rings is 2. The largest absolute Gasteiger partial charge is 0.507 e. The molecule has 0 aromatic heterocycles. The van der Waals surface area contributed by atoms with Crippen molar-refractivity contribution in [1.29, 1.82) is 0 Å². The van der Waals surface area contributed by atoms with Crippen LogP contribution >= 0.6 is 0 Å². The van der Waals surface area contributed by atoms with Gasteiger partial charge in [-0.2, -0.15) is 0 Å². The molecule has 2 aromatic carbocycles. The van der Waals surface area contributed by atoms with Crippen LogP contribution in [0.25, 0.3) is 5.76 Å². The first-order valence-corrected chi connectivity index (χ1v) is 12.0. The number of ketones is 1. The number of ether oxygens (including phenoxy) is 3. The summed E-state index contributed by atoms with van der Waals surface area (Å²) >= 11 is 0. The molecule has 1 aliphatic rings. The van der Waals surface area contributed by atoms with E-state index >= 15 is 0 Å². The second-order valence-electron chi connectivity index (χ2n) is 9.03. The predicted octanol–water partition coefficient (Wildman–Crippen LogP) is 4.89. The van der Waals surface area contributed by atoms with E-state index in [0.29, 0.717) is 50.0 Å². The van der Waals surface area contributed by atoms with E-state index in [0.717, 1.165) is 16.9 Å². The quantitative estimate of drug-likeness (QED) is 0.213. The van der Waals surface area contributed by atoms with Crippen LogP contribution in [0, 0.1) is 12.8 Å². The van der Waals surface area contributed by atoms with Crippen LogP contribution in [0.2, 0.25) is 0 Å². The average molecular weight is 482 g/mol. The molecule has 188 valence electrons. The molecule has 3 rings (SSSR count). The molecule has 2 aromatic rings. The Hall–Kier alpha value is -3.32. The molecule has 7 nitrogen and oxygen atoms in total. The van der Waals surface area contributed by atoms with E-state index in [-0.39, 0.29) is 11.3 Å². The first-order chi connectivity index (χ1) is 16.8. The molecule has 7 heteroatoms. The van der Waals surface area contributed by atoms with Crippen LogP contribution in [-0.4, -0.2) is 55.2 Å². The molecule has 1 heterocycles. The summed E-state index contributed by atoms with van der Waals surface area (Å²) < 4.78 is 16.5. The normalized spacial score (nSPS) is 17.3. The lowest BCUT2D eigenvalue weighted by atomic mass is 9.94. The van der Waals surface area contributed by atoms with E-state index in [1.54, 1.807) is 37.4 Å². The lowest BCUT2D eigenvalue weighted by Gasteiger charge is -2.25. The second-order valence-corrected chi connectivity index (χ2v) is 9.03. The van der Waals surface area contributed by atoms with Crippen LogP contribution in [0.1, 0.15) is 49.9 Å². The molecule has 1 aliphatic heterocycles. The molecule has 0 bridgehead atoms. The zero-order valence-corrected chi connectivity index (χ0v) is 21.2. The summed E-state index contributed by atoms with van der Waals surface area (Å²) in [6.45, 7) is 9.83. The van der Waals surface area contributed by atoms with Crippen LogP contribution < -0.4 is 9.47 Å². The van der Waals surface area contributed by atoms with Gasteiger partial charge in [-0.1, -0.05) is 26.0 Å². The first-order valence-electron chi connectivity index (χ1n) is 12.0. The molecule has 0 aliphatic carbocycles. The number of aryl methyl sites for hydroxylation is 1. The van der Waals surface area contributed by atoms with Crippen LogP contribution in [0.3, 0.4) is 0 Å². The summed E-state index contributed by atoms with van der Waals surface area (Å²) in [7, 11) is 1.59. The van der Waals surface area contributed by atoms with Crippen molar-refractivity contribution in [2.24, 2.45) is 5.92 Å². The summed E-state index contributed by atoms with van der Waals surface area (Å²) in [6.07, 6.45) is 0.568. The summed E-state index contributed by atoms with van der Waals surface area (Å²) in [4.78, 5) is 27.7. The molecule has 0 saturated carbocycles. The van der Waals surface area contributed by atoms with Crippen molar-refractivity contribution >= 4 is 17.4 Å². The van der Waals surface area contributed by atoms with Crippen molar-refractivity contribution < 1.29 is 28.9 Å². The van der Waals surface area contributed by atoms with Gasteiger partial charge in [0.1, 0.15) is 17.3 Å². The minimum Gasteiger partial charge on any atom is -0.507 e. The molecule has 0 unspecified atom stereocenters. The molecule has 0 radical (unpaired) electrons. The van der Waals surface area contributed by atoms with E-state index in [9.17, 15) is 14.7 Å². The van der Waals surface area contributed by atoms with Crippen molar-refractivity contribution in [3.05, 3.63) is 64.7 Å². The summed E-state index contributed by atoms with van der Waals surface area (Å²) in [6, 6.07) is 11.8. The summed E-state index contributed by atoms with van der Waals surface area (Å²) in [5, 5.41) is 11.3. The smallest absolute Gasteiger partial charge is 0.295 e. The van der Waals surface area contributed by atoms with Gasteiger partial charge in [-0.05, 0) is 67.6 Å². The van der Waals surface area contributed by atoms with Gasteiger partial charge in [0, 0.05) is 25.8 Å². The van der Waals surface area contributed by atoms with Gasteiger partial charge in [0.15, 0.2) is 0 Å². The fourth-order valence-corrected chi connectivity index (χ4v) is 4.12. The fraction of sp³-hybridized carbons (Fsp3) is 0.429. The van der Waals surface area contributed by atoms with Crippen LogP contribution in [0.5, 0.6) is 11.5 Å². The zero-order chi connectivity index (χ0) is 25.5. The van der Waals surface area contributed by atoms with Gasteiger partial charge in [-0.15, -0.1) is 0 Å². The third-order valence-electron chi connectivity index (χ3n) is 5.81. The molecule has 1 atom stereocenters. The van der Waals surface area contributed by atoms with Gasteiger partial charge in [-0.25, -0.2) is 0 Å². The average Bonchev–Trinajstić information content (AvgIpc) is 3.08. The SMILES string of the molecule is CCOc1ccc([C@@H]2/C(=C(\O)c3ccc(OCC(C)C)c(C)c3)C(=O)C(=O)N2CCCOC)cc1. The highest BCUT2D eigenvalue weighted by Gasteiger charge is 2.45. The van der Waals surface area contributed by atoms with Gasteiger partial charge in [0.05, 0.1) is 24.8 Å². The number of methoxy groups -OCH3 is 1. The van der Waals surface area contributed by atoms with E-state index in [2.05, 4.69) is 13.8 Å². The first kappa shape index (κ1) is 26.3. The summed E-state index contributed by atoms with van der Waals surface area (Å²) in [5.41, 5.74) is 2.10. The van der Waals surface area contributed by atoms with Crippen LogP contribution in [0.4, 0.5) is 0 Å². The highest BCUT2D eigenvalue weighted by molar-refractivity contribution is 6.46. The Morgan fingerprint density at radius 1 is 1.09 bits per heavy atom. The highest BCUT2D eigenvalue weighted by atomic mass is 16.5. The molecule has 1 saturated heterocycles. The van der Waals surface area contributed by atoms with Gasteiger partial charge >= 0.3 is 0 Å². The number of hydrogen-bond donors (Lipinski definition) is 1. The minimum absolute atomic E-state index is 0.0758. The highest BCUT2D eigenvalue weighted by Crippen LogP contribution is 2.40. The Labute approximate surface area is 207 Å². The number of rotatable bonds is 11. The molecule has 35 heavy (non-hydrogen) atoms. The number of hydrogen-bond acceptors (Lipinski definition) is 6. The topological polar surface area (TPSA) is 85.3 Å². The number of carbonyl (C=O) groups excluding carboxylic acids is 2. The third-order valence-corrected chi connectivity index (χ3v) is 5.81. The number of aliphatic hydroxyl groups is 1. The van der Waals surface area contributed by atoms with Crippen molar-refractivity contribution in [3.8, 4) is 11.5 Å². The van der Waals surface area contributed by atoms with E-state index in [1.165, 1.54) is 4.90 Å². The van der Waals surface area contributed by atoms with E-state index in [4.69, 9.17) is 14.2 Å². The van der Waals surface area contributed by atoms with Gasteiger partial charge in [0.25, 0.3) is 11.7 Å². The lowest BCUT2D eigenvalue weighted by Crippen LogP contribution is -2.31. The Morgan fingerprint density at radius 3 is 2.40 bits per heavy atom. The maximum Gasteiger partial charge on any atom is 0.295 e. The Balaban J connectivity index is 2.04. The van der Waals surface area contributed by atoms with Crippen LogP contribution in [0.15, 0.2) is 48.0 Å². The number of aliphatic hydroxyl groups excluding tert-OH is 1. The van der Waals surface area contributed by atoms with Gasteiger partial charge in [0.2, 0.25) is 0 Å². The lowest BCUT2D eigenvalue weighted by molar-refractivity contribution is -0.140. The predicted molar refractivity (Wildman–Crippen MR) is 135 cm³/mol. The summed E-state index contributed by atoms with van der Waals surface area (Å²) in [5.74, 6) is 0.269. The maximum absolute atomic E-state index is 13.2. The van der Waals surface area contributed by atoms with Gasteiger partial charge < -0.3 is 24.2 Å². The van der Waals surface area contributed by atoms with Crippen LogP contribution in [-0.2, 0) is 14.3 Å². The fourth-order valence-electron chi connectivity index (χ4n) is 4.12. The number of nitrogens with zero attached hydrogens (tertiary/aromatic N) is 1. The molecule has 0 spiro atoms. The second kappa shape index (κ2) is 11.9. The Kier molecular flexibility index (Phi) is 8.93. The Morgan fingerprint density at radius 2 is 1.80 bits per heavy atom. The minimum atomic E-state index is -0.709. The van der Waals surface area contributed by atoms with Crippen molar-refractivity contribution in [2.45, 2.75) is 40.2 Å². The number of carbonyl (C=O) groups is 2. The molecule has 1 fully saturated rings. The molecule has 1 amide bonds. The van der Waals surface area contributed by atoms with Crippen molar-refractivity contribution in [1.82, 2.24) is 4.90 Å². The number of likely N-dealkylation sites (tertiary alicyclic amines) is 1. The number of amides is 1. The maximum atomic E-state index is 13.2. The van der Waals surface area contributed by atoms with Crippen molar-refractivity contribution in [2.75, 3.05) is 33.5 Å². The standard InChI is InChI=1S/C28H35NO6/c1-6-34-22-11-8-20(9-12-22)25-24(27(31)28(32)29(25)14-7-15-33-5)26(30)21-10-13-23(19(4)16-21)35-17-18(2)3/h8-13,16,18,25,30H,6-7,14-15,17H2,1-5H3/b26-24+/t25-/m1/s1. The molecule has 1 N–H and O–H groups in total. The van der Waals surface area contributed by atoms with E-state index < -0.39 is 17.7 Å². The monoisotopic (exact) mass is 481 g/mol. The Bertz CT molecular complexity index is 1070.